The highest BCUT2D eigenvalue weighted by atomic mass is 35.5. The van der Waals surface area contributed by atoms with Gasteiger partial charge in [-0.3, -0.25) is 58.3 Å². The largest absolute Gasteiger partial charge is 0.418 e. The maximum absolute atomic E-state index is 13.8. The predicted molar refractivity (Wildman–Crippen MR) is 565 cm³/mol. The first-order chi connectivity index (χ1) is 70.3. The maximum Gasteiger partial charge on any atom is 0.418 e. The molecule has 0 radical (unpaired) electrons. The predicted octanol–water partition coefficient (Wildman–Crippen LogP) is 21.6. The van der Waals surface area contributed by atoms with Gasteiger partial charge >= 0.3 is 6.18 Å². The smallest absolute Gasteiger partial charge is 0.325 e. The molecule has 0 aliphatic rings. The van der Waals surface area contributed by atoms with Gasteiger partial charge in [-0.1, -0.05) is 36.9 Å². The van der Waals surface area contributed by atoms with Gasteiger partial charge in [0.15, 0.2) is 0 Å². The van der Waals surface area contributed by atoms with E-state index in [1.165, 1.54) is 18.2 Å². The first kappa shape index (κ1) is 105. The van der Waals surface area contributed by atoms with Crippen molar-refractivity contribution >= 4 is 163 Å². The summed E-state index contributed by atoms with van der Waals surface area (Å²) in [6, 6.07) is 66.7. The molecule has 8 aromatic heterocycles. The highest BCUT2D eigenvalue weighted by Crippen LogP contribution is 2.38. The number of anilines is 16. The zero-order valence-electron chi connectivity index (χ0n) is 79.8. The second kappa shape index (κ2) is 50.5. The minimum absolute atomic E-state index is 0.134. The number of likely N-dealkylation sites (N-methyl/N-ethyl adjacent to an activating group) is 1. The summed E-state index contributed by atoms with van der Waals surface area (Å²) >= 11 is 11.3. The first-order valence-electron chi connectivity index (χ1n) is 44.9. The summed E-state index contributed by atoms with van der Waals surface area (Å²) in [7, 11) is 3.58. The van der Waals surface area contributed by atoms with Gasteiger partial charge in [0, 0.05) is 194 Å². The number of rotatable bonds is 30. The minimum Gasteiger partial charge on any atom is -0.325 e. The molecular formula is C108H96Cl2F3N25O8. The third kappa shape index (κ3) is 31.0. The summed E-state index contributed by atoms with van der Waals surface area (Å²) < 4.78 is 41.5. The maximum atomic E-state index is 13.8. The number of carbonyl (C=O) groups excluding carboxylic acids is 8. The third-order valence-corrected chi connectivity index (χ3v) is 21.6. The van der Waals surface area contributed by atoms with E-state index in [9.17, 15) is 51.5 Å². The van der Waals surface area contributed by atoms with E-state index < -0.39 is 34.6 Å². The van der Waals surface area contributed by atoms with Crippen LogP contribution in [0.15, 0.2) is 330 Å². The Morgan fingerprint density at radius 1 is 0.370 bits per heavy atom. The number of pyridine rings is 4. The number of halogens is 5. The molecule has 0 aliphatic heterocycles. The fraction of sp³-hybridized carbons (Fsp3) is 0.111. The molecule has 0 saturated heterocycles. The summed E-state index contributed by atoms with van der Waals surface area (Å²) in [6.07, 6.45) is 17.7. The molecule has 0 aliphatic carbocycles. The summed E-state index contributed by atoms with van der Waals surface area (Å²) in [5, 5.41) is 33.7. The number of aromatic nitrogens is 12. The normalized spacial score (nSPS) is 10.9. The Labute approximate surface area is 847 Å². The lowest BCUT2D eigenvalue weighted by atomic mass is 10.1. The monoisotopic (exact) mass is 2000 g/mol. The molecule has 38 heteroatoms. The number of alkyl halides is 5. The summed E-state index contributed by atoms with van der Waals surface area (Å²) in [6.45, 7) is 15.1. The van der Waals surface area contributed by atoms with Crippen molar-refractivity contribution in [2.24, 2.45) is 0 Å². The molecule has 146 heavy (non-hydrogen) atoms. The van der Waals surface area contributed by atoms with Gasteiger partial charge in [-0.05, 0) is 296 Å². The van der Waals surface area contributed by atoms with Crippen molar-refractivity contribution in [1.29, 1.82) is 0 Å². The van der Waals surface area contributed by atoms with Crippen molar-refractivity contribution < 1.29 is 51.5 Å². The molecule has 0 fully saturated rings. The van der Waals surface area contributed by atoms with Crippen LogP contribution in [0.25, 0.3) is 45.0 Å². The van der Waals surface area contributed by atoms with Gasteiger partial charge in [-0.15, -0.1) is 23.2 Å². The number of aryl methyl sites for hydroxylation is 5. The van der Waals surface area contributed by atoms with E-state index in [2.05, 4.69) is 130 Å². The standard InChI is InChI=1S/C30H28F3N7O2.C27H24N6O2.C26H23ClN6O2.C25H21ClN6O2/c1-19-8-10-22(17-26(19)39-29-35-14-12-24(38-29)21-6-4-13-34-18-21)36-28(42)20-9-11-25(23(16-20)30(31,32)33)37-27(41)7-5-15-40(2)3;1-4-25(34)30-21-11-8-19(9-12-21)26(35)31-22-10-7-17(2)23(15-22)32-27-29-18(3)14-24(33-27)20-6-5-13-28-16-20;1-16-5-8-21(31-25(35)18-6-9-20(10-7-18)30-24(34)17(2)27)14-23(16)33-26-29-13-11-22(32-26)19-4-3-12-28-15-19;1-16-4-7-20(30-24(34)17-5-8-19(9-6-17)29-23(33)14-26)13-22(16)32-25-28-12-10-21(31-25)18-3-2-11-27-15-18/h4-14,16-18H,15H2,1-3H3,(H,36,42)(H,37,41)(H,35,38,39);4-16H,1H2,2-3H3,(H,30,34)(H,31,35)(H,29,32,33);3-15,17H,1-2H3,(H,30,34)(H,31,35)(H,29,32,33);2-13,15H,14H2,1H3,(H,29,33)(H,30,34)(H,28,31,32)/b7-5+;;;. The molecule has 1 unspecified atom stereocenters. The highest BCUT2D eigenvalue weighted by Gasteiger charge is 2.35. The van der Waals surface area contributed by atoms with Gasteiger partial charge in [0.2, 0.25) is 47.4 Å². The zero-order chi connectivity index (χ0) is 104. The number of carbonyl (C=O) groups is 8. The SMILES string of the molecule is C=CC(=O)Nc1ccc(C(=O)Nc2ccc(C)c(Nc3nc(C)cc(-c4cccnc4)n3)c2)cc1.Cc1ccc(NC(=O)c2ccc(NC(=O)/C=C/CN(C)C)c(C(F)(F)F)c2)cc1Nc1nccc(-c2cccnc2)n1.Cc1ccc(NC(=O)c2ccc(NC(=O)C(C)Cl)cc2)cc1Nc1nccc(-c2cccnc2)n1.Cc1ccc(NC(=O)c2ccc(NC(=O)CCl)cc2)cc1Nc1nccc(-c2cccnc2)n1. The molecule has 8 amide bonds. The van der Waals surface area contributed by atoms with Crippen LogP contribution in [0, 0.1) is 34.6 Å². The van der Waals surface area contributed by atoms with Gasteiger partial charge in [-0.25, -0.2) is 39.9 Å². The number of hydrogen-bond acceptors (Lipinski definition) is 25. The molecule has 33 nitrogen and oxygen atoms in total. The molecule has 8 aromatic carbocycles. The minimum atomic E-state index is -4.81. The van der Waals surface area contributed by atoms with Crippen LogP contribution in [0.4, 0.5) is 105 Å². The Morgan fingerprint density at radius 2 is 0.712 bits per heavy atom. The summed E-state index contributed by atoms with van der Waals surface area (Å²) in [5.41, 5.74) is 17.3. The highest BCUT2D eigenvalue weighted by molar-refractivity contribution is 6.32. The van der Waals surface area contributed by atoms with Crippen molar-refractivity contribution in [3.05, 3.63) is 385 Å². The van der Waals surface area contributed by atoms with Crippen LogP contribution in [0.5, 0.6) is 0 Å². The molecule has 0 bridgehead atoms. The van der Waals surface area contributed by atoms with Gasteiger partial charge in [-0.2, -0.15) is 13.2 Å². The first-order valence-corrected chi connectivity index (χ1v) is 45.9. The Morgan fingerprint density at radius 3 is 1.06 bits per heavy atom. The van der Waals surface area contributed by atoms with Crippen LogP contribution in [0.3, 0.4) is 0 Å². The fourth-order valence-corrected chi connectivity index (χ4v) is 13.6. The molecule has 16 aromatic rings. The molecule has 12 N–H and O–H groups in total. The van der Waals surface area contributed by atoms with Gasteiger partial charge < -0.3 is 68.7 Å². The number of amides is 8. The van der Waals surface area contributed by atoms with Crippen molar-refractivity contribution in [3.63, 3.8) is 0 Å². The quantitative estimate of drug-likeness (QED) is 0.0147. The lowest BCUT2D eigenvalue weighted by Crippen LogP contribution is -2.20. The van der Waals surface area contributed by atoms with E-state index in [1.54, 1.807) is 197 Å². The van der Waals surface area contributed by atoms with Gasteiger partial charge in [0.1, 0.15) is 11.3 Å². The zero-order valence-corrected chi connectivity index (χ0v) is 81.3. The van der Waals surface area contributed by atoms with E-state index in [4.69, 9.17) is 23.2 Å². The number of nitrogens with one attached hydrogen (secondary N) is 12. The van der Waals surface area contributed by atoms with E-state index in [0.29, 0.717) is 104 Å². The molecular weight excluding hydrogens is 1900 g/mol. The Hall–Kier alpha value is -18.6. The Balaban J connectivity index is 0.000000163. The summed E-state index contributed by atoms with van der Waals surface area (Å²) in [4.78, 5) is 152. The fourth-order valence-electron chi connectivity index (χ4n) is 13.5. The summed E-state index contributed by atoms with van der Waals surface area (Å²) in [5.74, 6) is -1.73. The van der Waals surface area contributed by atoms with E-state index >= 15 is 0 Å². The lowest BCUT2D eigenvalue weighted by Gasteiger charge is -2.15. The van der Waals surface area contributed by atoms with Crippen LogP contribution < -0.4 is 63.8 Å². The average Bonchev–Trinajstić information content (AvgIpc) is 0.798. The number of nitrogens with zero attached hydrogens (tertiary/aromatic N) is 13. The Kier molecular flexibility index (Phi) is 36.3. The number of hydrogen-bond donors (Lipinski definition) is 12. The van der Waals surface area contributed by atoms with Crippen molar-refractivity contribution in [3.8, 4) is 45.0 Å². The molecule has 16 rings (SSSR count). The van der Waals surface area contributed by atoms with Gasteiger partial charge in [0.25, 0.3) is 23.6 Å². The molecule has 1 atom stereocenters. The topological polar surface area (TPSA) is 439 Å². The van der Waals surface area contributed by atoms with Gasteiger partial charge in [0.05, 0.1) is 34.0 Å². The van der Waals surface area contributed by atoms with Crippen LogP contribution in [0.1, 0.15) is 81.9 Å². The van der Waals surface area contributed by atoms with E-state index in [1.807, 2.05) is 150 Å². The second-order valence-corrected chi connectivity index (χ2v) is 33.5. The van der Waals surface area contributed by atoms with Crippen molar-refractivity contribution in [2.45, 2.75) is 53.1 Å². The van der Waals surface area contributed by atoms with Crippen molar-refractivity contribution in [2.75, 3.05) is 90.3 Å². The van der Waals surface area contributed by atoms with Crippen LogP contribution in [-0.2, 0) is 25.4 Å². The van der Waals surface area contributed by atoms with Crippen molar-refractivity contribution in [1.82, 2.24) is 64.7 Å². The number of benzene rings is 8. The third-order valence-electron chi connectivity index (χ3n) is 21.1. The average molecular weight is 2000 g/mol. The second-order valence-electron chi connectivity index (χ2n) is 32.5. The van der Waals surface area contributed by atoms with Crippen LogP contribution in [0.2, 0.25) is 0 Å². The molecule has 0 saturated carbocycles. The lowest BCUT2D eigenvalue weighted by molar-refractivity contribution is -0.137. The Bertz CT molecular complexity index is 7400. The van der Waals surface area contributed by atoms with E-state index in [-0.39, 0.29) is 46.9 Å². The molecule has 0 spiro atoms. The van der Waals surface area contributed by atoms with E-state index in [0.717, 1.165) is 96.5 Å². The van der Waals surface area contributed by atoms with Crippen LogP contribution >= 0.6 is 23.2 Å². The molecule has 8 heterocycles. The van der Waals surface area contributed by atoms with Crippen LogP contribution in [-0.4, -0.2) is 144 Å². The molecule has 736 valence electrons.